The Bertz CT molecular complexity index is 107. The molecule has 0 aromatic heterocycles. The number of hydrogen-bond acceptors (Lipinski definition) is 0. The Kier molecular flexibility index (Phi) is 6.30. The van der Waals surface area contributed by atoms with Gasteiger partial charge in [0.05, 0.1) is 0 Å². The highest BCUT2D eigenvalue weighted by molar-refractivity contribution is 4.92. The first-order chi connectivity index (χ1) is 5.16. The molecule has 66 valence electrons. The Balaban J connectivity index is 3.31. The third-order valence-corrected chi connectivity index (χ3v) is 1.99. The lowest BCUT2D eigenvalue weighted by atomic mass is 10.00. The third-order valence-electron chi connectivity index (χ3n) is 1.99. The molecule has 0 nitrogen and oxygen atoms in total. The van der Waals surface area contributed by atoms with Gasteiger partial charge in [-0.1, -0.05) is 38.3 Å². The molecular weight excluding hydrogens is 132 g/mol. The van der Waals surface area contributed by atoms with E-state index in [0.717, 1.165) is 5.92 Å². The van der Waals surface area contributed by atoms with E-state index < -0.39 is 0 Å². The van der Waals surface area contributed by atoms with Gasteiger partial charge in [0.25, 0.3) is 0 Å². The van der Waals surface area contributed by atoms with Gasteiger partial charge in [-0.25, -0.2) is 0 Å². The molecule has 0 amide bonds. The minimum Gasteiger partial charge on any atom is -0.0859 e. The minimum atomic E-state index is 0.913. The van der Waals surface area contributed by atoms with E-state index in [9.17, 15) is 0 Å². The molecule has 0 N–H and O–H groups in total. The maximum atomic E-state index is 2.35. The van der Waals surface area contributed by atoms with Gasteiger partial charge in [-0.3, -0.25) is 0 Å². The summed E-state index contributed by atoms with van der Waals surface area (Å²) >= 11 is 0. The molecule has 1 atom stereocenters. The Morgan fingerprint density at radius 2 is 1.91 bits per heavy atom. The van der Waals surface area contributed by atoms with Crippen molar-refractivity contribution in [3.63, 3.8) is 0 Å². The monoisotopic (exact) mass is 154 g/mol. The molecule has 0 heterocycles. The van der Waals surface area contributed by atoms with Gasteiger partial charge in [0, 0.05) is 0 Å². The molecule has 0 aromatic carbocycles. The standard InChI is InChI=1S/C11H22/c1-5-7-11(4)9-6-8-10(2)3/h8,11H,5-7,9H2,1-4H3/t11-/m0/s1. The zero-order valence-corrected chi connectivity index (χ0v) is 8.48. The van der Waals surface area contributed by atoms with Crippen LogP contribution in [0.4, 0.5) is 0 Å². The normalized spacial score (nSPS) is 12.7. The average molecular weight is 154 g/mol. The molecule has 0 aromatic rings. The highest BCUT2D eigenvalue weighted by Gasteiger charge is 1.97. The van der Waals surface area contributed by atoms with E-state index in [1.165, 1.54) is 31.3 Å². The largest absolute Gasteiger partial charge is 0.0859 e. The van der Waals surface area contributed by atoms with Crippen molar-refractivity contribution in [2.75, 3.05) is 0 Å². The van der Waals surface area contributed by atoms with E-state index >= 15 is 0 Å². The van der Waals surface area contributed by atoms with Gasteiger partial charge >= 0.3 is 0 Å². The summed E-state index contributed by atoms with van der Waals surface area (Å²) in [5.41, 5.74) is 1.45. The molecular formula is C11H22. The van der Waals surface area contributed by atoms with Gasteiger partial charge in [-0.15, -0.1) is 0 Å². The van der Waals surface area contributed by atoms with Crippen LogP contribution in [0, 0.1) is 5.92 Å². The van der Waals surface area contributed by atoms with Gasteiger partial charge in [0.1, 0.15) is 0 Å². The first-order valence-corrected chi connectivity index (χ1v) is 4.80. The van der Waals surface area contributed by atoms with Crippen LogP contribution in [0.2, 0.25) is 0 Å². The van der Waals surface area contributed by atoms with Crippen molar-refractivity contribution in [2.24, 2.45) is 5.92 Å². The van der Waals surface area contributed by atoms with Crippen molar-refractivity contribution >= 4 is 0 Å². The first-order valence-electron chi connectivity index (χ1n) is 4.80. The second kappa shape index (κ2) is 6.45. The van der Waals surface area contributed by atoms with Crippen LogP contribution in [0.15, 0.2) is 11.6 Å². The molecule has 0 unspecified atom stereocenters. The van der Waals surface area contributed by atoms with Crippen LogP contribution in [-0.4, -0.2) is 0 Å². The fraction of sp³-hybridized carbons (Fsp3) is 0.818. The van der Waals surface area contributed by atoms with E-state index in [4.69, 9.17) is 0 Å². The summed E-state index contributed by atoms with van der Waals surface area (Å²) in [5.74, 6) is 0.913. The van der Waals surface area contributed by atoms with Crippen molar-refractivity contribution in [1.82, 2.24) is 0 Å². The topological polar surface area (TPSA) is 0 Å². The lowest BCUT2D eigenvalue weighted by Crippen LogP contribution is -1.92. The van der Waals surface area contributed by atoms with Crippen LogP contribution < -0.4 is 0 Å². The van der Waals surface area contributed by atoms with Gasteiger partial charge in [-0.05, 0) is 32.6 Å². The Morgan fingerprint density at radius 1 is 1.27 bits per heavy atom. The Hall–Kier alpha value is -0.260. The number of hydrogen-bond donors (Lipinski definition) is 0. The summed E-state index contributed by atoms with van der Waals surface area (Å²) in [5, 5.41) is 0. The van der Waals surface area contributed by atoms with Crippen LogP contribution in [0.25, 0.3) is 0 Å². The smallest absolute Gasteiger partial charge is 0.0346 e. The van der Waals surface area contributed by atoms with Crippen LogP contribution >= 0.6 is 0 Å². The lowest BCUT2D eigenvalue weighted by molar-refractivity contribution is 0.490. The Labute approximate surface area is 71.7 Å². The summed E-state index contributed by atoms with van der Waals surface area (Å²) < 4.78 is 0. The van der Waals surface area contributed by atoms with Crippen molar-refractivity contribution in [1.29, 1.82) is 0 Å². The fourth-order valence-corrected chi connectivity index (χ4v) is 1.29. The van der Waals surface area contributed by atoms with Crippen LogP contribution in [-0.2, 0) is 0 Å². The molecule has 0 aliphatic rings. The summed E-state index contributed by atoms with van der Waals surface area (Å²) in [7, 11) is 0. The van der Waals surface area contributed by atoms with E-state index in [1.807, 2.05) is 0 Å². The molecule has 0 radical (unpaired) electrons. The average Bonchev–Trinajstić information content (AvgIpc) is 1.87. The zero-order valence-electron chi connectivity index (χ0n) is 8.48. The molecule has 11 heavy (non-hydrogen) atoms. The van der Waals surface area contributed by atoms with Gasteiger partial charge in [0.15, 0.2) is 0 Å². The predicted molar refractivity (Wildman–Crippen MR) is 52.7 cm³/mol. The molecule has 0 aliphatic heterocycles. The molecule has 0 heteroatoms. The first kappa shape index (κ1) is 10.7. The van der Waals surface area contributed by atoms with E-state index in [-0.39, 0.29) is 0 Å². The summed E-state index contributed by atoms with van der Waals surface area (Å²) in [6, 6.07) is 0. The van der Waals surface area contributed by atoms with Gasteiger partial charge < -0.3 is 0 Å². The molecule has 0 aliphatic carbocycles. The number of allylic oxidation sites excluding steroid dienone is 2. The summed E-state index contributed by atoms with van der Waals surface area (Å²) in [6.07, 6.45) is 7.68. The van der Waals surface area contributed by atoms with Crippen LogP contribution in [0.1, 0.15) is 53.4 Å². The highest BCUT2D eigenvalue weighted by Crippen LogP contribution is 2.12. The highest BCUT2D eigenvalue weighted by atomic mass is 14.0. The SMILES string of the molecule is CCC[C@H](C)CCC=C(C)C. The second-order valence-electron chi connectivity index (χ2n) is 3.75. The quantitative estimate of drug-likeness (QED) is 0.521. The third kappa shape index (κ3) is 7.64. The molecule has 0 saturated carbocycles. The van der Waals surface area contributed by atoms with E-state index in [2.05, 4.69) is 33.8 Å². The maximum Gasteiger partial charge on any atom is -0.0346 e. The van der Waals surface area contributed by atoms with Gasteiger partial charge in [-0.2, -0.15) is 0 Å². The van der Waals surface area contributed by atoms with Crippen molar-refractivity contribution < 1.29 is 0 Å². The predicted octanol–water partition coefficient (Wildman–Crippen LogP) is 4.17. The number of rotatable bonds is 5. The second-order valence-corrected chi connectivity index (χ2v) is 3.75. The minimum absolute atomic E-state index is 0.913. The van der Waals surface area contributed by atoms with Crippen LogP contribution in [0.3, 0.4) is 0 Å². The maximum absolute atomic E-state index is 2.35. The summed E-state index contributed by atoms with van der Waals surface area (Å²) in [4.78, 5) is 0. The molecule has 0 spiro atoms. The van der Waals surface area contributed by atoms with Crippen molar-refractivity contribution in [2.45, 2.75) is 53.4 Å². The molecule has 0 saturated heterocycles. The molecule has 0 rings (SSSR count). The lowest BCUT2D eigenvalue weighted by Gasteiger charge is -2.06. The van der Waals surface area contributed by atoms with Crippen molar-refractivity contribution in [3.05, 3.63) is 11.6 Å². The van der Waals surface area contributed by atoms with Crippen LogP contribution in [0.5, 0.6) is 0 Å². The van der Waals surface area contributed by atoms with E-state index in [0.29, 0.717) is 0 Å². The van der Waals surface area contributed by atoms with E-state index in [1.54, 1.807) is 0 Å². The molecule has 0 fully saturated rings. The van der Waals surface area contributed by atoms with Crippen molar-refractivity contribution in [3.8, 4) is 0 Å². The molecule has 0 bridgehead atoms. The Morgan fingerprint density at radius 3 is 2.36 bits per heavy atom. The fourth-order valence-electron chi connectivity index (χ4n) is 1.29. The van der Waals surface area contributed by atoms with Gasteiger partial charge in [0.2, 0.25) is 0 Å². The zero-order chi connectivity index (χ0) is 8.69. The summed E-state index contributed by atoms with van der Waals surface area (Å²) in [6.45, 7) is 8.95.